The van der Waals surface area contributed by atoms with Crippen LogP contribution in [0.25, 0.3) is 0 Å². The van der Waals surface area contributed by atoms with Gasteiger partial charge in [0.05, 0.1) is 5.60 Å². The second-order valence-corrected chi connectivity index (χ2v) is 5.00. The number of hydrogen-bond acceptors (Lipinski definition) is 6. The molecule has 4 N–H and O–H groups in total. The van der Waals surface area contributed by atoms with E-state index in [0.717, 1.165) is 24.5 Å². The van der Waals surface area contributed by atoms with Crippen molar-refractivity contribution in [2.45, 2.75) is 46.1 Å². The molecule has 0 unspecified atom stereocenters. The maximum atomic E-state index is 5.64. The Morgan fingerprint density at radius 2 is 1.95 bits per heavy atom. The van der Waals surface area contributed by atoms with Crippen molar-refractivity contribution in [3.05, 3.63) is 11.9 Å². The summed E-state index contributed by atoms with van der Waals surface area (Å²) in [4.78, 5) is 8.76. The lowest BCUT2D eigenvalue weighted by Gasteiger charge is -2.25. The lowest BCUT2D eigenvalue weighted by Crippen LogP contribution is -2.33. The standard InChI is InChI=1S/C13H25N5O/c1-5-7-10-16-11(8-12(17-10)18-14)15-9-13(3,4)19-6-2/h8H,5-7,9,14H2,1-4H3,(H2,15,16,17,18). The van der Waals surface area contributed by atoms with E-state index < -0.39 is 0 Å². The third-order valence-corrected chi connectivity index (χ3v) is 2.62. The quantitative estimate of drug-likeness (QED) is 0.493. The Bertz CT molecular complexity index is 395. The Hall–Kier alpha value is -1.40. The summed E-state index contributed by atoms with van der Waals surface area (Å²) in [6.07, 6.45) is 1.83. The van der Waals surface area contributed by atoms with Crippen LogP contribution in [0.1, 0.15) is 39.9 Å². The van der Waals surface area contributed by atoms with Crippen molar-refractivity contribution in [1.29, 1.82) is 0 Å². The van der Waals surface area contributed by atoms with Crippen molar-refractivity contribution >= 4 is 11.6 Å². The zero-order valence-corrected chi connectivity index (χ0v) is 12.3. The van der Waals surface area contributed by atoms with Crippen LogP contribution in [-0.4, -0.2) is 28.7 Å². The largest absolute Gasteiger partial charge is 0.374 e. The molecule has 0 radical (unpaired) electrons. The number of ether oxygens (including phenoxy) is 1. The van der Waals surface area contributed by atoms with Gasteiger partial charge in [0, 0.05) is 25.6 Å². The third-order valence-electron chi connectivity index (χ3n) is 2.62. The van der Waals surface area contributed by atoms with E-state index in [1.54, 1.807) is 6.07 Å². The van der Waals surface area contributed by atoms with Gasteiger partial charge in [-0.15, -0.1) is 0 Å². The van der Waals surface area contributed by atoms with Gasteiger partial charge >= 0.3 is 0 Å². The van der Waals surface area contributed by atoms with E-state index >= 15 is 0 Å². The molecule has 6 nitrogen and oxygen atoms in total. The zero-order chi connectivity index (χ0) is 14.3. The van der Waals surface area contributed by atoms with Crippen LogP contribution in [0.15, 0.2) is 6.07 Å². The van der Waals surface area contributed by atoms with Gasteiger partial charge in [-0.3, -0.25) is 0 Å². The number of nitrogens with two attached hydrogens (primary N) is 1. The van der Waals surface area contributed by atoms with Crippen LogP contribution in [0.2, 0.25) is 0 Å². The summed E-state index contributed by atoms with van der Waals surface area (Å²) >= 11 is 0. The number of nitrogen functional groups attached to an aromatic ring is 1. The van der Waals surface area contributed by atoms with Crippen molar-refractivity contribution in [2.24, 2.45) is 5.84 Å². The number of aromatic nitrogens is 2. The lowest BCUT2D eigenvalue weighted by atomic mass is 10.1. The summed E-state index contributed by atoms with van der Waals surface area (Å²) in [5.74, 6) is 7.59. The number of anilines is 2. The topological polar surface area (TPSA) is 85.1 Å². The van der Waals surface area contributed by atoms with Crippen LogP contribution >= 0.6 is 0 Å². The molecule has 1 rings (SSSR count). The molecule has 0 saturated heterocycles. The van der Waals surface area contributed by atoms with Crippen LogP contribution < -0.4 is 16.6 Å². The number of hydrogen-bond donors (Lipinski definition) is 3. The van der Waals surface area contributed by atoms with Crippen molar-refractivity contribution < 1.29 is 4.74 Å². The molecule has 0 spiro atoms. The third kappa shape index (κ3) is 5.40. The zero-order valence-electron chi connectivity index (χ0n) is 12.3. The fourth-order valence-corrected chi connectivity index (χ4v) is 1.74. The molecular formula is C13H25N5O. The summed E-state index contributed by atoms with van der Waals surface area (Å²) in [5, 5.41) is 3.27. The highest BCUT2D eigenvalue weighted by molar-refractivity contribution is 5.47. The van der Waals surface area contributed by atoms with E-state index in [9.17, 15) is 0 Å². The predicted octanol–water partition coefficient (Wildman–Crippen LogP) is 1.94. The Morgan fingerprint density at radius 3 is 2.53 bits per heavy atom. The van der Waals surface area contributed by atoms with Gasteiger partial charge in [0.2, 0.25) is 0 Å². The number of rotatable bonds is 8. The monoisotopic (exact) mass is 267 g/mol. The van der Waals surface area contributed by atoms with Crippen molar-refractivity contribution in [1.82, 2.24) is 9.97 Å². The predicted molar refractivity (Wildman–Crippen MR) is 78.0 cm³/mol. The van der Waals surface area contributed by atoms with E-state index in [2.05, 4.69) is 27.6 Å². The smallest absolute Gasteiger partial charge is 0.145 e. The Kier molecular flexibility index (Phi) is 5.98. The highest BCUT2D eigenvalue weighted by atomic mass is 16.5. The maximum absolute atomic E-state index is 5.64. The van der Waals surface area contributed by atoms with Crippen LogP contribution in [0, 0.1) is 0 Å². The van der Waals surface area contributed by atoms with E-state index in [4.69, 9.17) is 10.6 Å². The molecule has 1 aromatic rings. The molecule has 0 bridgehead atoms. The maximum Gasteiger partial charge on any atom is 0.145 e. The van der Waals surface area contributed by atoms with E-state index in [1.165, 1.54) is 0 Å². The molecule has 0 saturated carbocycles. The first-order valence-electron chi connectivity index (χ1n) is 6.73. The van der Waals surface area contributed by atoms with Gasteiger partial charge in [-0.05, 0) is 27.2 Å². The van der Waals surface area contributed by atoms with E-state index in [-0.39, 0.29) is 5.60 Å². The fourth-order valence-electron chi connectivity index (χ4n) is 1.74. The SMILES string of the molecule is CCCc1nc(NN)cc(NCC(C)(C)OCC)n1. The molecule has 6 heteroatoms. The van der Waals surface area contributed by atoms with E-state index in [1.807, 2.05) is 20.8 Å². The molecule has 0 aromatic carbocycles. The number of nitrogens with zero attached hydrogens (tertiary/aromatic N) is 2. The highest BCUT2D eigenvalue weighted by Crippen LogP contribution is 2.14. The molecule has 1 aromatic heterocycles. The average molecular weight is 267 g/mol. The fraction of sp³-hybridized carbons (Fsp3) is 0.692. The summed E-state index contributed by atoms with van der Waals surface area (Å²) in [5.41, 5.74) is 2.33. The lowest BCUT2D eigenvalue weighted by molar-refractivity contribution is 0.000637. The Labute approximate surface area is 115 Å². The molecule has 0 fully saturated rings. The first-order valence-corrected chi connectivity index (χ1v) is 6.73. The molecule has 1 heterocycles. The van der Waals surface area contributed by atoms with Gasteiger partial charge in [0.25, 0.3) is 0 Å². The minimum Gasteiger partial charge on any atom is -0.374 e. The molecule has 0 amide bonds. The number of nitrogens with one attached hydrogen (secondary N) is 2. The first-order chi connectivity index (χ1) is 9.00. The number of aryl methyl sites for hydroxylation is 1. The van der Waals surface area contributed by atoms with Gasteiger partial charge in [-0.25, -0.2) is 15.8 Å². The molecule has 19 heavy (non-hydrogen) atoms. The number of hydrazine groups is 1. The first kappa shape index (κ1) is 15.7. The summed E-state index contributed by atoms with van der Waals surface area (Å²) in [7, 11) is 0. The molecule has 0 aliphatic carbocycles. The normalized spacial score (nSPS) is 11.4. The molecule has 108 valence electrons. The van der Waals surface area contributed by atoms with Gasteiger partial charge in [-0.2, -0.15) is 0 Å². The minimum atomic E-state index is -0.235. The van der Waals surface area contributed by atoms with Gasteiger partial charge in [-0.1, -0.05) is 6.92 Å². The second kappa shape index (κ2) is 7.25. The molecule has 0 aliphatic rings. The van der Waals surface area contributed by atoms with E-state index in [0.29, 0.717) is 19.0 Å². The minimum absolute atomic E-state index is 0.235. The molecule has 0 aliphatic heterocycles. The van der Waals surface area contributed by atoms with Gasteiger partial charge < -0.3 is 15.5 Å². The Balaban J connectivity index is 2.74. The van der Waals surface area contributed by atoms with Gasteiger partial charge in [0.15, 0.2) is 0 Å². The van der Waals surface area contributed by atoms with Crippen molar-refractivity contribution in [3.63, 3.8) is 0 Å². The van der Waals surface area contributed by atoms with Gasteiger partial charge in [0.1, 0.15) is 17.5 Å². The average Bonchev–Trinajstić information content (AvgIpc) is 2.36. The van der Waals surface area contributed by atoms with Crippen LogP contribution in [-0.2, 0) is 11.2 Å². The summed E-state index contributed by atoms with van der Waals surface area (Å²) in [6.45, 7) is 9.53. The summed E-state index contributed by atoms with van der Waals surface area (Å²) in [6, 6.07) is 1.79. The molecular weight excluding hydrogens is 242 g/mol. The summed E-state index contributed by atoms with van der Waals surface area (Å²) < 4.78 is 5.64. The Morgan fingerprint density at radius 1 is 1.26 bits per heavy atom. The molecule has 0 atom stereocenters. The van der Waals surface area contributed by atoms with Crippen molar-refractivity contribution in [2.75, 3.05) is 23.9 Å². The van der Waals surface area contributed by atoms with Crippen molar-refractivity contribution in [3.8, 4) is 0 Å². The van der Waals surface area contributed by atoms with Crippen LogP contribution in [0.4, 0.5) is 11.6 Å². The highest BCUT2D eigenvalue weighted by Gasteiger charge is 2.17. The van der Waals surface area contributed by atoms with Crippen LogP contribution in [0.5, 0.6) is 0 Å². The second-order valence-electron chi connectivity index (χ2n) is 5.00. The van der Waals surface area contributed by atoms with Crippen LogP contribution in [0.3, 0.4) is 0 Å².